The first kappa shape index (κ1) is 16.4. The van der Waals surface area contributed by atoms with Crippen LogP contribution in [0.15, 0.2) is 30.3 Å². The molecule has 1 saturated carbocycles. The van der Waals surface area contributed by atoms with E-state index in [-0.39, 0.29) is 11.9 Å². The molecule has 1 aromatic carbocycles. The first-order valence-corrected chi connectivity index (χ1v) is 8.62. The number of carbonyl (C=O) groups is 1. The zero-order chi connectivity index (χ0) is 16.1. The minimum Gasteiger partial charge on any atom is -0.383 e. The van der Waals surface area contributed by atoms with Crippen LogP contribution in [0.1, 0.15) is 31.2 Å². The lowest BCUT2D eigenvalue weighted by molar-refractivity contribution is -0.135. The summed E-state index contributed by atoms with van der Waals surface area (Å²) in [7, 11) is 1.68. The molecule has 3 atom stereocenters. The smallest absolute Gasteiger partial charge is 0.241 e. The van der Waals surface area contributed by atoms with Gasteiger partial charge >= 0.3 is 0 Å². The molecule has 126 valence electrons. The van der Waals surface area contributed by atoms with Crippen LogP contribution in [-0.4, -0.2) is 43.2 Å². The van der Waals surface area contributed by atoms with Gasteiger partial charge in [-0.3, -0.25) is 10.2 Å². The summed E-state index contributed by atoms with van der Waals surface area (Å²) in [6.45, 7) is 1.82. The van der Waals surface area contributed by atoms with E-state index in [1.54, 1.807) is 7.11 Å². The van der Waals surface area contributed by atoms with Crippen LogP contribution in [0, 0.1) is 5.92 Å². The Morgan fingerprint density at radius 3 is 2.78 bits per heavy atom. The van der Waals surface area contributed by atoms with Crippen LogP contribution in [0.3, 0.4) is 0 Å². The Labute approximate surface area is 138 Å². The van der Waals surface area contributed by atoms with Gasteiger partial charge in [0.05, 0.1) is 6.61 Å². The Morgan fingerprint density at radius 1 is 1.22 bits per heavy atom. The number of hydrogen-bond acceptors (Lipinski definition) is 4. The third kappa shape index (κ3) is 3.91. The molecule has 0 bridgehead atoms. The van der Waals surface area contributed by atoms with Crippen molar-refractivity contribution in [2.75, 3.05) is 20.3 Å². The highest BCUT2D eigenvalue weighted by Gasteiger charge is 2.42. The molecular formula is C18H27N3O2. The Bertz CT molecular complexity index is 508. The van der Waals surface area contributed by atoms with Gasteiger partial charge in [-0.2, -0.15) is 0 Å². The van der Waals surface area contributed by atoms with E-state index in [0.29, 0.717) is 31.7 Å². The van der Waals surface area contributed by atoms with Crippen LogP contribution in [0.5, 0.6) is 0 Å². The minimum atomic E-state index is -0.110. The van der Waals surface area contributed by atoms with Gasteiger partial charge in [0.15, 0.2) is 0 Å². The number of methoxy groups -OCH3 is 1. The van der Waals surface area contributed by atoms with Crippen LogP contribution in [0.4, 0.5) is 0 Å². The Balaban J connectivity index is 1.69. The van der Waals surface area contributed by atoms with Crippen molar-refractivity contribution in [3.8, 4) is 0 Å². The number of nitrogens with zero attached hydrogens (tertiary/aromatic N) is 1. The van der Waals surface area contributed by atoms with E-state index in [9.17, 15) is 4.79 Å². The topological polar surface area (TPSA) is 53.6 Å². The van der Waals surface area contributed by atoms with Crippen LogP contribution in [0.25, 0.3) is 0 Å². The molecule has 3 rings (SSSR count). The third-order valence-electron chi connectivity index (χ3n) is 5.03. The zero-order valence-electron chi connectivity index (χ0n) is 13.8. The van der Waals surface area contributed by atoms with E-state index >= 15 is 0 Å². The standard InChI is InChI=1S/C18H27N3O2/c1-23-12-11-21(13-14-7-3-2-4-8-14)18(22)17-15-9-5-6-10-16(15)19-20-17/h2-4,7-8,15-17,19-20H,5-6,9-13H2,1H3. The second-order valence-corrected chi connectivity index (χ2v) is 6.56. The van der Waals surface area contributed by atoms with E-state index in [4.69, 9.17) is 4.74 Å². The second kappa shape index (κ2) is 7.90. The lowest BCUT2D eigenvalue weighted by Gasteiger charge is -2.30. The molecular weight excluding hydrogens is 290 g/mol. The lowest BCUT2D eigenvalue weighted by atomic mass is 9.81. The molecule has 3 unspecified atom stereocenters. The molecule has 1 saturated heterocycles. The van der Waals surface area contributed by atoms with Crippen molar-refractivity contribution in [2.24, 2.45) is 5.92 Å². The summed E-state index contributed by atoms with van der Waals surface area (Å²) in [5, 5.41) is 0. The van der Waals surface area contributed by atoms with Crippen molar-refractivity contribution in [3.05, 3.63) is 35.9 Å². The monoisotopic (exact) mass is 317 g/mol. The number of hydrazine groups is 1. The molecule has 2 aliphatic rings. The molecule has 1 aliphatic carbocycles. The van der Waals surface area contributed by atoms with Crippen molar-refractivity contribution in [2.45, 2.75) is 44.3 Å². The molecule has 1 aromatic rings. The molecule has 5 nitrogen and oxygen atoms in total. The maximum Gasteiger partial charge on any atom is 0.241 e. The summed E-state index contributed by atoms with van der Waals surface area (Å²) in [5.74, 6) is 0.602. The van der Waals surface area contributed by atoms with Gasteiger partial charge < -0.3 is 9.64 Å². The fourth-order valence-electron chi connectivity index (χ4n) is 3.76. The molecule has 0 aromatic heterocycles. The van der Waals surface area contributed by atoms with E-state index in [1.807, 2.05) is 23.1 Å². The number of ether oxygens (including phenoxy) is 1. The van der Waals surface area contributed by atoms with Crippen LogP contribution < -0.4 is 10.9 Å². The van der Waals surface area contributed by atoms with Gasteiger partial charge in [0, 0.05) is 32.2 Å². The van der Waals surface area contributed by atoms with E-state index in [0.717, 1.165) is 18.4 Å². The SMILES string of the molecule is COCCN(Cc1ccccc1)C(=O)C1NNC2CCCCC21. The Morgan fingerprint density at radius 2 is 2.00 bits per heavy atom. The summed E-state index contributed by atoms with van der Waals surface area (Å²) in [6.07, 6.45) is 4.78. The highest BCUT2D eigenvalue weighted by Crippen LogP contribution is 2.31. The van der Waals surface area contributed by atoms with Gasteiger partial charge in [-0.25, -0.2) is 5.43 Å². The zero-order valence-corrected chi connectivity index (χ0v) is 13.8. The third-order valence-corrected chi connectivity index (χ3v) is 5.03. The maximum atomic E-state index is 13.1. The van der Waals surface area contributed by atoms with Crippen molar-refractivity contribution >= 4 is 5.91 Å². The molecule has 2 N–H and O–H groups in total. The summed E-state index contributed by atoms with van der Waals surface area (Å²) in [5.41, 5.74) is 7.75. The Kier molecular flexibility index (Phi) is 5.65. The van der Waals surface area contributed by atoms with Crippen LogP contribution in [0.2, 0.25) is 0 Å². The summed E-state index contributed by atoms with van der Waals surface area (Å²) < 4.78 is 5.20. The van der Waals surface area contributed by atoms with Crippen molar-refractivity contribution < 1.29 is 9.53 Å². The molecule has 1 aliphatic heterocycles. The van der Waals surface area contributed by atoms with Gasteiger partial charge in [-0.05, 0) is 18.4 Å². The average molecular weight is 317 g/mol. The van der Waals surface area contributed by atoms with E-state index < -0.39 is 0 Å². The van der Waals surface area contributed by atoms with Crippen molar-refractivity contribution in [3.63, 3.8) is 0 Å². The van der Waals surface area contributed by atoms with Crippen LogP contribution in [-0.2, 0) is 16.1 Å². The van der Waals surface area contributed by atoms with Gasteiger partial charge in [0.25, 0.3) is 0 Å². The van der Waals surface area contributed by atoms with Crippen molar-refractivity contribution in [1.29, 1.82) is 0 Å². The van der Waals surface area contributed by atoms with Gasteiger partial charge in [0.2, 0.25) is 5.91 Å². The molecule has 2 fully saturated rings. The summed E-state index contributed by atoms with van der Waals surface area (Å²) >= 11 is 0. The fourth-order valence-corrected chi connectivity index (χ4v) is 3.76. The number of amides is 1. The first-order chi connectivity index (χ1) is 11.3. The number of fused-ring (bicyclic) bond motifs is 1. The predicted octanol–water partition coefficient (Wildman–Crippen LogP) is 1.70. The highest BCUT2D eigenvalue weighted by molar-refractivity contribution is 5.82. The lowest BCUT2D eigenvalue weighted by Crippen LogP contribution is -2.48. The summed E-state index contributed by atoms with van der Waals surface area (Å²) in [4.78, 5) is 15.0. The van der Waals surface area contributed by atoms with Crippen LogP contribution >= 0.6 is 0 Å². The molecule has 1 amide bonds. The first-order valence-electron chi connectivity index (χ1n) is 8.62. The van der Waals surface area contributed by atoms with Gasteiger partial charge in [-0.15, -0.1) is 0 Å². The fraction of sp³-hybridized carbons (Fsp3) is 0.611. The molecule has 23 heavy (non-hydrogen) atoms. The normalized spacial score (nSPS) is 26.7. The van der Waals surface area contributed by atoms with E-state index in [2.05, 4.69) is 23.0 Å². The van der Waals surface area contributed by atoms with E-state index in [1.165, 1.54) is 12.8 Å². The summed E-state index contributed by atoms with van der Waals surface area (Å²) in [6, 6.07) is 10.5. The second-order valence-electron chi connectivity index (χ2n) is 6.56. The highest BCUT2D eigenvalue weighted by atomic mass is 16.5. The number of carbonyl (C=O) groups excluding carboxylic acids is 1. The predicted molar refractivity (Wildman–Crippen MR) is 89.5 cm³/mol. The average Bonchev–Trinajstić information content (AvgIpc) is 3.03. The quantitative estimate of drug-likeness (QED) is 0.838. The number of hydrogen-bond donors (Lipinski definition) is 2. The number of nitrogens with one attached hydrogen (secondary N) is 2. The molecule has 1 heterocycles. The number of rotatable bonds is 6. The molecule has 5 heteroatoms. The largest absolute Gasteiger partial charge is 0.383 e. The van der Waals surface area contributed by atoms with Gasteiger partial charge in [0.1, 0.15) is 6.04 Å². The minimum absolute atomic E-state index is 0.110. The maximum absolute atomic E-state index is 13.1. The Hall–Kier alpha value is -1.43. The van der Waals surface area contributed by atoms with Gasteiger partial charge in [-0.1, -0.05) is 43.2 Å². The number of benzene rings is 1. The van der Waals surface area contributed by atoms with Crippen molar-refractivity contribution in [1.82, 2.24) is 15.8 Å². The molecule has 0 spiro atoms. The molecule has 0 radical (unpaired) electrons.